The van der Waals surface area contributed by atoms with Gasteiger partial charge in [-0.15, -0.1) is 6.58 Å². The number of alkyl carbamates (subject to hydrolysis) is 1. The Morgan fingerprint density at radius 2 is 2.06 bits per heavy atom. The van der Waals surface area contributed by atoms with E-state index in [4.69, 9.17) is 4.74 Å². The molecule has 3 nitrogen and oxygen atoms in total. The first-order valence-electron chi connectivity index (χ1n) is 6.06. The van der Waals surface area contributed by atoms with Gasteiger partial charge in [0.1, 0.15) is 6.61 Å². The van der Waals surface area contributed by atoms with Gasteiger partial charge in [0, 0.05) is 6.20 Å². The molecule has 1 amide bonds. The first-order valence-corrected chi connectivity index (χ1v) is 6.06. The molecule has 0 atom stereocenters. The summed E-state index contributed by atoms with van der Waals surface area (Å²) in [6.07, 6.45) is 7.94. The summed E-state index contributed by atoms with van der Waals surface area (Å²) in [5, 5.41) is 2.56. The zero-order chi connectivity index (χ0) is 13.1. The molecule has 18 heavy (non-hydrogen) atoms. The number of ether oxygens (including phenoxy) is 1. The molecule has 3 heteroatoms. The van der Waals surface area contributed by atoms with Crippen molar-refractivity contribution >= 4 is 6.09 Å². The number of rotatable bonds is 7. The molecular formula is C15H19NO2. The SMILES string of the molecule is C=CCCC/C=C/NC(=O)OCc1ccccc1. The largest absolute Gasteiger partial charge is 0.444 e. The van der Waals surface area contributed by atoms with E-state index in [-0.39, 0.29) is 6.61 Å². The van der Waals surface area contributed by atoms with Gasteiger partial charge in [-0.1, -0.05) is 42.5 Å². The minimum absolute atomic E-state index is 0.289. The second-order valence-corrected chi connectivity index (χ2v) is 3.83. The third-order valence-corrected chi connectivity index (χ3v) is 2.31. The Kier molecular flexibility index (Phi) is 7.05. The van der Waals surface area contributed by atoms with Crippen molar-refractivity contribution in [3.63, 3.8) is 0 Å². The molecule has 1 aromatic carbocycles. The maximum absolute atomic E-state index is 11.3. The van der Waals surface area contributed by atoms with Crippen molar-refractivity contribution < 1.29 is 9.53 Å². The van der Waals surface area contributed by atoms with Crippen LogP contribution in [0.4, 0.5) is 4.79 Å². The molecule has 0 saturated heterocycles. The smallest absolute Gasteiger partial charge is 0.411 e. The molecule has 0 spiro atoms. The third-order valence-electron chi connectivity index (χ3n) is 2.31. The number of benzene rings is 1. The fourth-order valence-electron chi connectivity index (χ4n) is 1.36. The zero-order valence-corrected chi connectivity index (χ0v) is 10.5. The molecule has 0 unspecified atom stereocenters. The fraction of sp³-hybridized carbons (Fsp3) is 0.267. The van der Waals surface area contributed by atoms with Gasteiger partial charge in [0.05, 0.1) is 0 Å². The van der Waals surface area contributed by atoms with Crippen LogP contribution in [0.2, 0.25) is 0 Å². The molecule has 0 saturated carbocycles. The van der Waals surface area contributed by atoms with E-state index in [0.29, 0.717) is 0 Å². The highest BCUT2D eigenvalue weighted by molar-refractivity contribution is 5.68. The molecule has 0 aromatic heterocycles. The van der Waals surface area contributed by atoms with E-state index >= 15 is 0 Å². The van der Waals surface area contributed by atoms with E-state index in [9.17, 15) is 4.79 Å². The van der Waals surface area contributed by atoms with Crippen LogP contribution in [0, 0.1) is 0 Å². The van der Waals surface area contributed by atoms with Crippen LogP contribution in [0.15, 0.2) is 55.3 Å². The maximum atomic E-state index is 11.3. The Bertz CT molecular complexity index is 385. The topological polar surface area (TPSA) is 38.3 Å². The summed E-state index contributed by atoms with van der Waals surface area (Å²) in [5.74, 6) is 0. The van der Waals surface area contributed by atoms with Gasteiger partial charge in [0.25, 0.3) is 0 Å². The van der Waals surface area contributed by atoms with Gasteiger partial charge in [-0.25, -0.2) is 4.79 Å². The van der Waals surface area contributed by atoms with Crippen LogP contribution in [0.3, 0.4) is 0 Å². The van der Waals surface area contributed by atoms with Gasteiger partial charge in [0.2, 0.25) is 0 Å². The summed E-state index contributed by atoms with van der Waals surface area (Å²) in [4.78, 5) is 11.3. The average Bonchev–Trinajstić information content (AvgIpc) is 2.41. The number of carbonyl (C=O) groups excluding carboxylic acids is 1. The van der Waals surface area contributed by atoms with Gasteiger partial charge in [-0.05, 0) is 24.8 Å². The Balaban J connectivity index is 2.12. The van der Waals surface area contributed by atoms with Crippen molar-refractivity contribution in [2.24, 2.45) is 0 Å². The van der Waals surface area contributed by atoms with Gasteiger partial charge in [-0.2, -0.15) is 0 Å². The number of carbonyl (C=O) groups is 1. The van der Waals surface area contributed by atoms with Gasteiger partial charge >= 0.3 is 6.09 Å². The molecule has 1 rings (SSSR count). The number of hydrogen-bond donors (Lipinski definition) is 1. The molecular weight excluding hydrogens is 226 g/mol. The molecule has 0 heterocycles. The van der Waals surface area contributed by atoms with Crippen LogP contribution >= 0.6 is 0 Å². The Labute approximate surface area is 108 Å². The lowest BCUT2D eigenvalue weighted by atomic mass is 10.2. The van der Waals surface area contributed by atoms with Crippen LogP contribution < -0.4 is 5.32 Å². The summed E-state index contributed by atoms with van der Waals surface area (Å²) in [6.45, 7) is 3.93. The summed E-state index contributed by atoms with van der Waals surface area (Å²) in [5.41, 5.74) is 0.975. The van der Waals surface area contributed by atoms with E-state index in [1.807, 2.05) is 42.5 Å². The van der Waals surface area contributed by atoms with Crippen molar-refractivity contribution in [1.29, 1.82) is 0 Å². The number of unbranched alkanes of at least 4 members (excludes halogenated alkanes) is 2. The molecule has 0 radical (unpaired) electrons. The highest BCUT2D eigenvalue weighted by Crippen LogP contribution is 2.00. The van der Waals surface area contributed by atoms with Crippen molar-refractivity contribution in [2.45, 2.75) is 25.9 Å². The van der Waals surface area contributed by atoms with E-state index < -0.39 is 6.09 Å². The molecule has 96 valence electrons. The predicted molar refractivity (Wildman–Crippen MR) is 73.0 cm³/mol. The molecule has 1 aromatic rings. The zero-order valence-electron chi connectivity index (χ0n) is 10.5. The number of nitrogens with one attached hydrogen (secondary N) is 1. The highest BCUT2D eigenvalue weighted by atomic mass is 16.5. The number of amides is 1. The van der Waals surface area contributed by atoms with Crippen LogP contribution in [0.5, 0.6) is 0 Å². The predicted octanol–water partition coefficient (Wildman–Crippen LogP) is 3.78. The van der Waals surface area contributed by atoms with Crippen molar-refractivity contribution in [3.05, 3.63) is 60.8 Å². The molecule has 0 aliphatic heterocycles. The quantitative estimate of drug-likeness (QED) is 0.586. The standard InChI is InChI=1S/C15H19NO2/c1-2-3-4-5-9-12-16-15(17)18-13-14-10-7-6-8-11-14/h2,6-12H,1,3-5,13H2,(H,16,17)/b12-9+. The minimum Gasteiger partial charge on any atom is -0.444 e. The summed E-state index contributed by atoms with van der Waals surface area (Å²) >= 11 is 0. The van der Waals surface area contributed by atoms with Gasteiger partial charge in [-0.3, -0.25) is 5.32 Å². The highest BCUT2D eigenvalue weighted by Gasteiger charge is 1.98. The Hall–Kier alpha value is -2.03. The minimum atomic E-state index is -0.432. The first-order chi connectivity index (χ1) is 8.83. The third kappa shape index (κ3) is 6.53. The molecule has 0 aliphatic carbocycles. The molecule has 0 aliphatic rings. The number of allylic oxidation sites excluding steroid dienone is 2. The average molecular weight is 245 g/mol. The summed E-state index contributed by atoms with van der Waals surface area (Å²) < 4.78 is 5.04. The Morgan fingerprint density at radius 1 is 1.28 bits per heavy atom. The van der Waals surface area contributed by atoms with E-state index in [0.717, 1.165) is 24.8 Å². The van der Waals surface area contributed by atoms with Crippen molar-refractivity contribution in [1.82, 2.24) is 5.32 Å². The van der Waals surface area contributed by atoms with Gasteiger partial charge in [0.15, 0.2) is 0 Å². The lowest BCUT2D eigenvalue weighted by molar-refractivity contribution is 0.143. The first kappa shape index (κ1) is 14.0. The lowest BCUT2D eigenvalue weighted by Gasteiger charge is -2.03. The fourth-order valence-corrected chi connectivity index (χ4v) is 1.36. The maximum Gasteiger partial charge on any atom is 0.411 e. The van der Waals surface area contributed by atoms with Crippen molar-refractivity contribution in [2.75, 3.05) is 0 Å². The van der Waals surface area contributed by atoms with Crippen LogP contribution in [-0.4, -0.2) is 6.09 Å². The second kappa shape index (κ2) is 9.05. The van der Waals surface area contributed by atoms with E-state index in [2.05, 4.69) is 11.9 Å². The van der Waals surface area contributed by atoms with E-state index in [1.165, 1.54) is 0 Å². The molecule has 0 bridgehead atoms. The van der Waals surface area contributed by atoms with Crippen LogP contribution in [0.1, 0.15) is 24.8 Å². The van der Waals surface area contributed by atoms with Crippen LogP contribution in [-0.2, 0) is 11.3 Å². The monoisotopic (exact) mass is 245 g/mol. The summed E-state index contributed by atoms with van der Waals surface area (Å²) in [6, 6.07) is 9.58. The molecule has 0 fully saturated rings. The normalized spacial score (nSPS) is 10.2. The summed E-state index contributed by atoms with van der Waals surface area (Å²) in [7, 11) is 0. The van der Waals surface area contributed by atoms with E-state index in [1.54, 1.807) is 6.20 Å². The molecule has 1 N–H and O–H groups in total. The second-order valence-electron chi connectivity index (χ2n) is 3.83. The van der Waals surface area contributed by atoms with Gasteiger partial charge < -0.3 is 4.74 Å². The number of hydrogen-bond acceptors (Lipinski definition) is 2. The van der Waals surface area contributed by atoms with Crippen molar-refractivity contribution in [3.8, 4) is 0 Å². The van der Waals surface area contributed by atoms with Crippen LogP contribution in [0.25, 0.3) is 0 Å². The Morgan fingerprint density at radius 3 is 2.78 bits per heavy atom. The lowest BCUT2D eigenvalue weighted by Crippen LogP contribution is -2.18.